The Bertz CT molecular complexity index is 351. The second-order valence-electron chi connectivity index (χ2n) is 7.34. The molecule has 2 rings (SSSR count). The van der Waals surface area contributed by atoms with Crippen LogP contribution in [0.25, 0.3) is 0 Å². The molecule has 0 aromatic rings. The van der Waals surface area contributed by atoms with Gasteiger partial charge >= 0.3 is 0 Å². The summed E-state index contributed by atoms with van der Waals surface area (Å²) in [6.07, 6.45) is 3.68. The van der Waals surface area contributed by atoms with Crippen LogP contribution in [0.2, 0.25) is 0 Å². The lowest BCUT2D eigenvalue weighted by Gasteiger charge is -2.37. The Morgan fingerprint density at radius 3 is 2.55 bits per heavy atom. The minimum atomic E-state index is -0.0477. The number of hydrogen-bond acceptors (Lipinski definition) is 3. The van der Waals surface area contributed by atoms with Crippen molar-refractivity contribution in [2.45, 2.75) is 58.7 Å². The molecule has 0 radical (unpaired) electrons. The molecular weight excluding hydrogens is 278 g/mol. The predicted molar refractivity (Wildman–Crippen MR) is 90.3 cm³/mol. The van der Waals surface area contributed by atoms with Crippen LogP contribution >= 0.6 is 0 Å². The van der Waals surface area contributed by atoms with Gasteiger partial charge in [0.15, 0.2) is 5.96 Å². The summed E-state index contributed by atoms with van der Waals surface area (Å²) in [6.45, 7) is 14.1. The van der Waals surface area contributed by atoms with Gasteiger partial charge in [-0.15, -0.1) is 0 Å². The van der Waals surface area contributed by atoms with E-state index in [0.717, 1.165) is 64.6 Å². The lowest BCUT2D eigenvalue weighted by atomic mass is 10.1. The van der Waals surface area contributed by atoms with Crippen LogP contribution in [0.3, 0.4) is 0 Å². The lowest BCUT2D eigenvalue weighted by Crippen LogP contribution is -2.48. The number of rotatable bonds is 4. The van der Waals surface area contributed by atoms with E-state index in [2.05, 4.69) is 37.9 Å². The lowest BCUT2D eigenvalue weighted by molar-refractivity contribution is -0.0772. The molecule has 0 amide bonds. The topological polar surface area (TPSA) is 46.1 Å². The van der Waals surface area contributed by atoms with Crippen molar-refractivity contribution in [1.29, 1.82) is 0 Å². The van der Waals surface area contributed by atoms with Crippen molar-refractivity contribution in [3.63, 3.8) is 0 Å². The van der Waals surface area contributed by atoms with Crippen LogP contribution < -0.4 is 5.32 Å². The SMILES string of the molecule is CCNC(=NCC1CCOC1)N1CCC(OC(C)(C)C)CC1. The Labute approximate surface area is 135 Å². The standard InChI is InChI=1S/C17H33N3O2/c1-5-18-16(19-12-14-8-11-21-13-14)20-9-6-15(7-10-20)22-17(2,3)4/h14-15H,5-13H2,1-4H3,(H,18,19). The van der Waals surface area contributed by atoms with Gasteiger partial charge in [-0.3, -0.25) is 4.99 Å². The maximum absolute atomic E-state index is 6.10. The van der Waals surface area contributed by atoms with E-state index in [1.54, 1.807) is 0 Å². The first-order valence-corrected chi connectivity index (χ1v) is 8.76. The van der Waals surface area contributed by atoms with E-state index in [0.29, 0.717) is 12.0 Å². The van der Waals surface area contributed by atoms with Crippen LogP contribution in [0.1, 0.15) is 47.0 Å². The molecule has 22 heavy (non-hydrogen) atoms. The maximum Gasteiger partial charge on any atom is 0.193 e. The van der Waals surface area contributed by atoms with Crippen LogP contribution in [0.4, 0.5) is 0 Å². The minimum absolute atomic E-state index is 0.0477. The second kappa shape index (κ2) is 8.16. The van der Waals surface area contributed by atoms with Crippen molar-refractivity contribution >= 4 is 5.96 Å². The number of aliphatic imine (C=N–C) groups is 1. The molecule has 5 nitrogen and oxygen atoms in total. The van der Waals surface area contributed by atoms with Crippen molar-refractivity contribution in [3.05, 3.63) is 0 Å². The molecule has 2 aliphatic heterocycles. The average molecular weight is 311 g/mol. The summed E-state index contributed by atoms with van der Waals surface area (Å²) in [4.78, 5) is 7.21. The van der Waals surface area contributed by atoms with E-state index < -0.39 is 0 Å². The summed E-state index contributed by atoms with van der Waals surface area (Å²) in [5.41, 5.74) is -0.0477. The van der Waals surface area contributed by atoms with Crippen LogP contribution in [0.15, 0.2) is 4.99 Å². The Hall–Kier alpha value is -0.810. The van der Waals surface area contributed by atoms with E-state index in [1.807, 2.05) is 0 Å². The van der Waals surface area contributed by atoms with Crippen LogP contribution in [0, 0.1) is 5.92 Å². The van der Waals surface area contributed by atoms with E-state index in [4.69, 9.17) is 14.5 Å². The Balaban J connectivity index is 1.83. The number of hydrogen-bond donors (Lipinski definition) is 1. The molecule has 0 aromatic heterocycles. The normalized spacial score (nSPS) is 24.8. The summed E-state index contributed by atoms with van der Waals surface area (Å²) in [7, 11) is 0. The molecule has 2 aliphatic rings. The Morgan fingerprint density at radius 1 is 1.27 bits per heavy atom. The fourth-order valence-corrected chi connectivity index (χ4v) is 3.05. The van der Waals surface area contributed by atoms with Gasteiger partial charge in [0.1, 0.15) is 0 Å². The highest BCUT2D eigenvalue weighted by atomic mass is 16.5. The maximum atomic E-state index is 6.10. The molecule has 0 bridgehead atoms. The van der Waals surface area contributed by atoms with Crippen molar-refractivity contribution in [1.82, 2.24) is 10.2 Å². The highest BCUT2D eigenvalue weighted by Gasteiger charge is 2.26. The summed E-state index contributed by atoms with van der Waals surface area (Å²) >= 11 is 0. The summed E-state index contributed by atoms with van der Waals surface area (Å²) in [5.74, 6) is 1.65. The fourth-order valence-electron chi connectivity index (χ4n) is 3.05. The second-order valence-corrected chi connectivity index (χ2v) is 7.34. The molecule has 0 saturated carbocycles. The quantitative estimate of drug-likeness (QED) is 0.639. The number of piperidine rings is 1. The fraction of sp³-hybridized carbons (Fsp3) is 0.941. The summed E-state index contributed by atoms with van der Waals surface area (Å²) < 4.78 is 11.5. The molecule has 1 N–H and O–H groups in total. The molecule has 1 unspecified atom stereocenters. The molecule has 2 saturated heterocycles. The first-order chi connectivity index (χ1) is 10.5. The van der Waals surface area contributed by atoms with Crippen LogP contribution in [-0.4, -0.2) is 62.0 Å². The third-order valence-corrected chi connectivity index (χ3v) is 4.12. The zero-order chi connectivity index (χ0) is 16.0. The van der Waals surface area contributed by atoms with Crippen molar-refractivity contribution in [3.8, 4) is 0 Å². The van der Waals surface area contributed by atoms with Gasteiger partial charge in [-0.2, -0.15) is 0 Å². The average Bonchev–Trinajstić information content (AvgIpc) is 2.96. The summed E-state index contributed by atoms with van der Waals surface area (Å²) in [6, 6.07) is 0. The molecule has 2 fully saturated rings. The first-order valence-electron chi connectivity index (χ1n) is 8.76. The molecule has 128 valence electrons. The number of ether oxygens (including phenoxy) is 2. The third kappa shape index (κ3) is 5.76. The molecule has 0 aliphatic carbocycles. The van der Waals surface area contributed by atoms with Gasteiger partial charge in [-0.05, 0) is 47.0 Å². The van der Waals surface area contributed by atoms with Gasteiger partial charge in [-0.1, -0.05) is 0 Å². The van der Waals surface area contributed by atoms with Gasteiger partial charge in [0, 0.05) is 38.7 Å². The molecule has 1 atom stereocenters. The highest BCUT2D eigenvalue weighted by Crippen LogP contribution is 2.20. The highest BCUT2D eigenvalue weighted by molar-refractivity contribution is 5.80. The van der Waals surface area contributed by atoms with Gasteiger partial charge in [-0.25, -0.2) is 0 Å². The van der Waals surface area contributed by atoms with Gasteiger partial charge in [0.25, 0.3) is 0 Å². The van der Waals surface area contributed by atoms with Crippen LogP contribution in [-0.2, 0) is 9.47 Å². The van der Waals surface area contributed by atoms with E-state index in [-0.39, 0.29) is 5.60 Å². The number of likely N-dealkylation sites (tertiary alicyclic amines) is 1. The van der Waals surface area contributed by atoms with Crippen LogP contribution in [0.5, 0.6) is 0 Å². The molecule has 0 aromatic carbocycles. The number of nitrogens with one attached hydrogen (secondary N) is 1. The molecule has 2 heterocycles. The molecule has 0 spiro atoms. The third-order valence-electron chi connectivity index (χ3n) is 4.12. The minimum Gasteiger partial charge on any atom is -0.381 e. The van der Waals surface area contributed by atoms with Gasteiger partial charge in [0.05, 0.1) is 18.3 Å². The van der Waals surface area contributed by atoms with Crippen molar-refractivity contribution in [2.75, 3.05) is 39.4 Å². The van der Waals surface area contributed by atoms with E-state index in [1.165, 1.54) is 0 Å². The van der Waals surface area contributed by atoms with Crippen molar-refractivity contribution in [2.24, 2.45) is 10.9 Å². The molecular formula is C17H33N3O2. The number of nitrogens with zero attached hydrogens (tertiary/aromatic N) is 2. The predicted octanol–water partition coefficient (Wildman–Crippen LogP) is 2.27. The largest absolute Gasteiger partial charge is 0.381 e. The smallest absolute Gasteiger partial charge is 0.193 e. The Morgan fingerprint density at radius 2 is 2.00 bits per heavy atom. The number of guanidine groups is 1. The zero-order valence-electron chi connectivity index (χ0n) is 14.7. The first kappa shape index (κ1) is 17.5. The van der Waals surface area contributed by atoms with Gasteiger partial charge < -0.3 is 19.7 Å². The monoisotopic (exact) mass is 311 g/mol. The van der Waals surface area contributed by atoms with E-state index in [9.17, 15) is 0 Å². The van der Waals surface area contributed by atoms with Crippen molar-refractivity contribution < 1.29 is 9.47 Å². The zero-order valence-corrected chi connectivity index (χ0v) is 14.7. The summed E-state index contributed by atoms with van der Waals surface area (Å²) in [5, 5.41) is 3.43. The molecule has 5 heteroatoms. The van der Waals surface area contributed by atoms with Gasteiger partial charge in [0.2, 0.25) is 0 Å². The Kier molecular flexibility index (Phi) is 6.50. The van der Waals surface area contributed by atoms with E-state index >= 15 is 0 Å².